The van der Waals surface area contributed by atoms with Crippen molar-refractivity contribution in [2.24, 2.45) is 7.05 Å². The van der Waals surface area contributed by atoms with E-state index >= 15 is 0 Å². The maximum atomic E-state index is 12.1. The van der Waals surface area contributed by atoms with Crippen molar-refractivity contribution in [2.45, 2.75) is 39.2 Å². The number of Topliss-reactive ketones (excluding diaryl/α,β-unsaturated/α-hetero) is 1. The summed E-state index contributed by atoms with van der Waals surface area (Å²) in [5.41, 5.74) is 1.81. The molecule has 0 aliphatic rings. The summed E-state index contributed by atoms with van der Waals surface area (Å²) >= 11 is 3.46. The first-order valence-corrected chi connectivity index (χ1v) is 6.54. The monoisotopic (exact) mass is 302 g/mol. The van der Waals surface area contributed by atoms with Gasteiger partial charge in [-0.2, -0.15) is 5.10 Å². The lowest BCUT2D eigenvalue weighted by atomic mass is 10.1. The number of halogens is 1. The van der Waals surface area contributed by atoms with Gasteiger partial charge in [-0.3, -0.25) is 9.48 Å². The van der Waals surface area contributed by atoms with Gasteiger partial charge in [-0.1, -0.05) is 13.3 Å². The Morgan fingerprint density at radius 2 is 2.24 bits per heavy atom. The largest absolute Gasteiger partial charge is 0.374 e. The van der Waals surface area contributed by atoms with Gasteiger partial charge in [0.15, 0.2) is 5.78 Å². The van der Waals surface area contributed by atoms with Gasteiger partial charge in [-0.05, 0) is 29.3 Å². The molecule has 0 spiro atoms. The first kappa shape index (κ1) is 14.4. The number of carbonyl (C=O) groups excluding carboxylic acids is 1. The fraction of sp³-hybridized carbons (Fsp3) is 0.667. The summed E-state index contributed by atoms with van der Waals surface area (Å²) in [4.78, 5) is 12.1. The number of aromatic nitrogens is 2. The number of ketones is 1. The van der Waals surface area contributed by atoms with Crippen LogP contribution < -0.4 is 0 Å². The quantitative estimate of drug-likeness (QED) is 0.810. The molecule has 0 amide bonds. The summed E-state index contributed by atoms with van der Waals surface area (Å²) in [5, 5.41) is 4.27. The molecule has 1 aromatic heterocycles. The molecule has 5 heteroatoms. The first-order chi connectivity index (χ1) is 8.01. The number of rotatable bonds is 6. The van der Waals surface area contributed by atoms with E-state index < -0.39 is 0 Å². The average Bonchev–Trinajstić information content (AvgIpc) is 2.52. The van der Waals surface area contributed by atoms with E-state index in [0.717, 1.165) is 28.7 Å². The number of methoxy groups -OCH3 is 1. The zero-order chi connectivity index (χ0) is 13.0. The Balaban J connectivity index is 2.80. The van der Waals surface area contributed by atoms with E-state index in [4.69, 9.17) is 4.74 Å². The van der Waals surface area contributed by atoms with Gasteiger partial charge in [-0.15, -0.1) is 0 Å². The van der Waals surface area contributed by atoms with E-state index in [9.17, 15) is 4.79 Å². The van der Waals surface area contributed by atoms with Gasteiger partial charge in [0.2, 0.25) is 0 Å². The maximum Gasteiger partial charge on any atom is 0.167 e. The molecular formula is C12H19BrN2O2. The van der Waals surface area contributed by atoms with Crippen molar-refractivity contribution in [2.75, 3.05) is 7.11 Å². The van der Waals surface area contributed by atoms with Gasteiger partial charge < -0.3 is 4.74 Å². The van der Waals surface area contributed by atoms with E-state index in [1.807, 2.05) is 20.9 Å². The lowest BCUT2D eigenvalue weighted by Gasteiger charge is -2.13. The number of hydrogen-bond acceptors (Lipinski definition) is 3. The smallest absolute Gasteiger partial charge is 0.167 e. The summed E-state index contributed by atoms with van der Waals surface area (Å²) < 4.78 is 7.88. The average molecular weight is 303 g/mol. The van der Waals surface area contributed by atoms with Crippen molar-refractivity contribution in [3.63, 3.8) is 0 Å². The van der Waals surface area contributed by atoms with Crippen molar-refractivity contribution in [3.8, 4) is 0 Å². The molecule has 0 N–H and O–H groups in total. The van der Waals surface area contributed by atoms with Crippen molar-refractivity contribution in [1.29, 1.82) is 0 Å². The lowest BCUT2D eigenvalue weighted by Crippen LogP contribution is -2.25. The third-order valence-corrected chi connectivity index (χ3v) is 3.83. The zero-order valence-corrected chi connectivity index (χ0v) is 12.4. The highest BCUT2D eigenvalue weighted by atomic mass is 79.9. The molecule has 0 aromatic carbocycles. The van der Waals surface area contributed by atoms with Gasteiger partial charge in [0.25, 0.3) is 0 Å². The summed E-state index contributed by atoms with van der Waals surface area (Å²) in [5.74, 6) is 0.109. The number of carbonyl (C=O) groups is 1. The molecule has 1 aromatic rings. The SMILES string of the molecule is CCCC(OC)C(=O)Cc1c(Br)c(C)nn1C. The lowest BCUT2D eigenvalue weighted by molar-refractivity contribution is -0.128. The highest BCUT2D eigenvalue weighted by Crippen LogP contribution is 2.21. The Labute approximate surface area is 110 Å². The van der Waals surface area contributed by atoms with Crippen LogP contribution in [0.15, 0.2) is 4.47 Å². The predicted octanol–water partition coefficient (Wildman–Crippen LogP) is 2.42. The number of ether oxygens (including phenoxy) is 1. The molecular weight excluding hydrogens is 284 g/mol. The highest BCUT2D eigenvalue weighted by molar-refractivity contribution is 9.10. The van der Waals surface area contributed by atoms with E-state index in [-0.39, 0.29) is 11.9 Å². The second kappa shape index (κ2) is 6.31. The Hall–Kier alpha value is -0.680. The number of nitrogens with zero attached hydrogens (tertiary/aromatic N) is 2. The molecule has 1 unspecified atom stereocenters. The molecule has 0 radical (unpaired) electrons. The van der Waals surface area contributed by atoms with E-state index in [0.29, 0.717) is 6.42 Å². The van der Waals surface area contributed by atoms with E-state index in [1.165, 1.54) is 0 Å². The fourth-order valence-electron chi connectivity index (χ4n) is 1.82. The number of hydrogen-bond donors (Lipinski definition) is 0. The van der Waals surface area contributed by atoms with Crippen molar-refractivity contribution in [1.82, 2.24) is 9.78 Å². The zero-order valence-electron chi connectivity index (χ0n) is 10.8. The second-order valence-corrected chi connectivity index (χ2v) is 4.92. The third kappa shape index (κ3) is 3.39. The van der Waals surface area contributed by atoms with Gasteiger partial charge in [0, 0.05) is 14.2 Å². The molecule has 1 heterocycles. The number of aryl methyl sites for hydroxylation is 2. The Bertz CT molecular complexity index is 401. The van der Waals surface area contributed by atoms with Crippen LogP contribution in [0, 0.1) is 6.92 Å². The van der Waals surface area contributed by atoms with Gasteiger partial charge in [0.1, 0.15) is 6.10 Å². The van der Waals surface area contributed by atoms with Crippen LogP contribution in [0.2, 0.25) is 0 Å². The molecule has 0 fully saturated rings. The highest BCUT2D eigenvalue weighted by Gasteiger charge is 2.21. The predicted molar refractivity (Wildman–Crippen MR) is 70.1 cm³/mol. The molecule has 0 saturated heterocycles. The summed E-state index contributed by atoms with van der Waals surface area (Å²) in [6, 6.07) is 0. The van der Waals surface area contributed by atoms with Crippen LogP contribution in [-0.4, -0.2) is 28.8 Å². The van der Waals surface area contributed by atoms with Crippen LogP contribution in [0.1, 0.15) is 31.2 Å². The minimum Gasteiger partial charge on any atom is -0.374 e. The third-order valence-electron chi connectivity index (χ3n) is 2.80. The molecule has 0 saturated carbocycles. The second-order valence-electron chi connectivity index (χ2n) is 4.13. The molecule has 0 bridgehead atoms. The van der Waals surface area contributed by atoms with Crippen LogP contribution in [0.5, 0.6) is 0 Å². The normalized spacial score (nSPS) is 12.8. The first-order valence-electron chi connectivity index (χ1n) is 5.74. The van der Waals surface area contributed by atoms with Crippen molar-refractivity contribution in [3.05, 3.63) is 15.9 Å². The standard InChI is InChI=1S/C12H19BrN2O2/c1-5-6-11(17-4)10(16)7-9-12(13)8(2)14-15(9)3/h11H,5-7H2,1-4H3. The Morgan fingerprint density at radius 3 is 2.65 bits per heavy atom. The van der Waals surface area contributed by atoms with Crippen LogP contribution in [0.4, 0.5) is 0 Å². The topological polar surface area (TPSA) is 44.1 Å². The molecule has 1 rings (SSSR count). The van der Waals surface area contributed by atoms with Crippen LogP contribution in [-0.2, 0) is 23.0 Å². The Morgan fingerprint density at radius 1 is 1.59 bits per heavy atom. The van der Waals surface area contributed by atoms with E-state index in [1.54, 1.807) is 11.8 Å². The minimum absolute atomic E-state index is 0.109. The Kier molecular flexibility index (Phi) is 5.33. The molecule has 0 aliphatic heterocycles. The maximum absolute atomic E-state index is 12.1. The fourth-order valence-corrected chi connectivity index (χ4v) is 2.30. The summed E-state index contributed by atoms with van der Waals surface area (Å²) in [6.07, 6.45) is 1.76. The van der Waals surface area contributed by atoms with Crippen molar-refractivity contribution < 1.29 is 9.53 Å². The van der Waals surface area contributed by atoms with Gasteiger partial charge >= 0.3 is 0 Å². The van der Waals surface area contributed by atoms with Gasteiger partial charge in [0.05, 0.1) is 22.3 Å². The van der Waals surface area contributed by atoms with Crippen LogP contribution in [0.3, 0.4) is 0 Å². The minimum atomic E-state index is -0.304. The summed E-state index contributed by atoms with van der Waals surface area (Å²) in [7, 11) is 3.43. The molecule has 17 heavy (non-hydrogen) atoms. The van der Waals surface area contributed by atoms with Crippen molar-refractivity contribution >= 4 is 21.7 Å². The molecule has 96 valence electrons. The van der Waals surface area contributed by atoms with Crippen LogP contribution >= 0.6 is 15.9 Å². The van der Waals surface area contributed by atoms with Gasteiger partial charge in [-0.25, -0.2) is 0 Å². The van der Waals surface area contributed by atoms with Crippen LogP contribution in [0.25, 0.3) is 0 Å². The molecule has 1 atom stereocenters. The molecule has 0 aliphatic carbocycles. The summed E-state index contributed by atoms with van der Waals surface area (Å²) in [6.45, 7) is 3.96. The molecule has 4 nitrogen and oxygen atoms in total. The van der Waals surface area contributed by atoms with E-state index in [2.05, 4.69) is 21.0 Å².